The predicted octanol–water partition coefficient (Wildman–Crippen LogP) is 1.01. The lowest BCUT2D eigenvalue weighted by Crippen LogP contribution is -2.18. The number of fused-ring (bicyclic) bond motifs is 1. The molecule has 2 unspecified atom stereocenters. The Labute approximate surface area is 60.7 Å². The fourth-order valence-corrected chi connectivity index (χ4v) is 1.29. The second-order valence-electron chi connectivity index (χ2n) is 2.54. The van der Waals surface area contributed by atoms with Crippen LogP contribution in [0.3, 0.4) is 0 Å². The maximum atomic E-state index is 5.40. The molecule has 3 heteroatoms. The van der Waals surface area contributed by atoms with Gasteiger partial charge in [-0.25, -0.2) is 0 Å². The summed E-state index contributed by atoms with van der Waals surface area (Å²) in [6, 6.07) is 0. The average molecular weight is 136 g/mol. The van der Waals surface area contributed by atoms with Gasteiger partial charge < -0.3 is 9.31 Å². The van der Waals surface area contributed by atoms with Crippen LogP contribution in [0.1, 0.15) is 0 Å². The van der Waals surface area contributed by atoms with Gasteiger partial charge in [0.2, 0.25) is 0 Å². The van der Waals surface area contributed by atoms with Gasteiger partial charge in [0.25, 0.3) is 0 Å². The van der Waals surface area contributed by atoms with Crippen LogP contribution in [0.15, 0.2) is 24.3 Å². The summed E-state index contributed by atoms with van der Waals surface area (Å²) in [5, 5.41) is 0. The van der Waals surface area contributed by atoms with Crippen LogP contribution in [-0.2, 0) is 9.31 Å². The van der Waals surface area contributed by atoms with E-state index in [1.165, 1.54) is 0 Å². The van der Waals surface area contributed by atoms with Gasteiger partial charge >= 0.3 is 7.12 Å². The van der Waals surface area contributed by atoms with Crippen molar-refractivity contribution in [1.29, 1.82) is 0 Å². The van der Waals surface area contributed by atoms with Gasteiger partial charge in [0.05, 0.1) is 12.2 Å². The minimum atomic E-state index is -0.0533. The Morgan fingerprint density at radius 2 is 1.60 bits per heavy atom. The van der Waals surface area contributed by atoms with Crippen LogP contribution in [0.4, 0.5) is 0 Å². The van der Waals surface area contributed by atoms with Gasteiger partial charge in [-0.2, -0.15) is 0 Å². The zero-order valence-electron chi connectivity index (χ0n) is 5.86. The maximum absolute atomic E-state index is 5.40. The molecule has 0 saturated carbocycles. The Balaban J connectivity index is 2.14. The molecule has 0 aromatic carbocycles. The molecular weight excluding hydrogens is 127 g/mol. The van der Waals surface area contributed by atoms with E-state index in [0.29, 0.717) is 0 Å². The van der Waals surface area contributed by atoms with Crippen molar-refractivity contribution in [3.05, 3.63) is 24.3 Å². The number of hydrogen-bond acceptors (Lipinski definition) is 2. The molecule has 1 aliphatic carbocycles. The Morgan fingerprint density at radius 1 is 1.10 bits per heavy atom. The van der Waals surface area contributed by atoms with Crippen molar-refractivity contribution in [2.45, 2.75) is 19.0 Å². The molecule has 1 fully saturated rings. The maximum Gasteiger partial charge on any atom is 0.454 e. The molecule has 0 spiro atoms. The molecule has 2 aliphatic rings. The Bertz CT molecular complexity index is 168. The van der Waals surface area contributed by atoms with Crippen molar-refractivity contribution in [2.24, 2.45) is 0 Å². The van der Waals surface area contributed by atoms with Gasteiger partial charge in [-0.05, 0) is 6.82 Å². The summed E-state index contributed by atoms with van der Waals surface area (Å²) in [5.41, 5.74) is 0. The van der Waals surface area contributed by atoms with E-state index in [4.69, 9.17) is 9.31 Å². The molecule has 2 nitrogen and oxygen atoms in total. The lowest BCUT2D eigenvalue weighted by molar-refractivity contribution is 0.233. The summed E-state index contributed by atoms with van der Waals surface area (Å²) in [5.74, 6) is 0. The zero-order valence-corrected chi connectivity index (χ0v) is 5.86. The highest BCUT2D eigenvalue weighted by molar-refractivity contribution is 6.43. The normalized spacial score (nSPS) is 36.7. The van der Waals surface area contributed by atoms with Crippen molar-refractivity contribution in [3.63, 3.8) is 0 Å². The second-order valence-corrected chi connectivity index (χ2v) is 2.54. The van der Waals surface area contributed by atoms with Gasteiger partial charge in [0.1, 0.15) is 0 Å². The summed E-state index contributed by atoms with van der Waals surface area (Å²) in [4.78, 5) is 0. The van der Waals surface area contributed by atoms with Crippen molar-refractivity contribution >= 4 is 7.12 Å². The van der Waals surface area contributed by atoms with Gasteiger partial charge in [-0.3, -0.25) is 0 Å². The minimum Gasteiger partial charge on any atom is -0.402 e. The Kier molecular flexibility index (Phi) is 1.40. The molecule has 2 atom stereocenters. The topological polar surface area (TPSA) is 18.5 Å². The molecule has 0 aromatic heterocycles. The lowest BCUT2D eigenvalue weighted by Gasteiger charge is -2.12. The number of hydrogen-bond donors (Lipinski definition) is 0. The van der Waals surface area contributed by atoms with Gasteiger partial charge in [-0.1, -0.05) is 24.3 Å². The molecule has 0 aromatic rings. The van der Waals surface area contributed by atoms with Crippen LogP contribution in [0.2, 0.25) is 6.82 Å². The second kappa shape index (κ2) is 2.25. The quantitative estimate of drug-likeness (QED) is 0.462. The summed E-state index contributed by atoms with van der Waals surface area (Å²) in [7, 11) is -0.0533. The summed E-state index contributed by atoms with van der Waals surface area (Å²) in [6.45, 7) is 1.92. The van der Waals surface area contributed by atoms with Crippen LogP contribution in [0.25, 0.3) is 0 Å². The molecule has 10 heavy (non-hydrogen) atoms. The SMILES string of the molecule is CB1OC2C=CC=CC2O1. The molecule has 0 radical (unpaired) electrons. The van der Waals surface area contributed by atoms with E-state index >= 15 is 0 Å². The summed E-state index contributed by atoms with van der Waals surface area (Å²) < 4.78 is 10.8. The standard InChI is InChI=1S/C7H9BO2/c1-8-9-6-4-2-3-5-7(6)10-8/h2-7H,1H3. The lowest BCUT2D eigenvalue weighted by atomic mass is 9.97. The first-order valence-corrected chi connectivity index (χ1v) is 3.52. The molecule has 0 N–H and O–H groups in total. The molecule has 1 aliphatic heterocycles. The number of allylic oxidation sites excluding steroid dienone is 2. The minimum absolute atomic E-state index is 0.0533. The van der Waals surface area contributed by atoms with E-state index in [-0.39, 0.29) is 19.3 Å². The highest BCUT2D eigenvalue weighted by Crippen LogP contribution is 2.21. The fraction of sp³-hybridized carbons (Fsp3) is 0.429. The third-order valence-corrected chi connectivity index (χ3v) is 1.73. The van der Waals surface area contributed by atoms with Gasteiger partial charge in [0.15, 0.2) is 0 Å². The van der Waals surface area contributed by atoms with Crippen LogP contribution in [0.5, 0.6) is 0 Å². The Morgan fingerprint density at radius 3 is 2.10 bits per heavy atom. The first-order chi connectivity index (χ1) is 4.86. The van der Waals surface area contributed by atoms with E-state index in [1.807, 2.05) is 31.1 Å². The fourth-order valence-electron chi connectivity index (χ4n) is 1.29. The van der Waals surface area contributed by atoms with Crippen LogP contribution in [0, 0.1) is 0 Å². The van der Waals surface area contributed by atoms with Crippen molar-refractivity contribution in [2.75, 3.05) is 0 Å². The van der Waals surface area contributed by atoms with E-state index in [2.05, 4.69) is 0 Å². The van der Waals surface area contributed by atoms with Crippen LogP contribution < -0.4 is 0 Å². The van der Waals surface area contributed by atoms with Crippen LogP contribution in [-0.4, -0.2) is 19.3 Å². The van der Waals surface area contributed by atoms with Crippen molar-refractivity contribution in [3.8, 4) is 0 Å². The molecule has 52 valence electrons. The van der Waals surface area contributed by atoms with E-state index in [0.717, 1.165) is 0 Å². The average Bonchev–Trinajstić information content (AvgIpc) is 2.27. The third kappa shape index (κ3) is 0.915. The zero-order chi connectivity index (χ0) is 6.97. The molecule has 1 saturated heterocycles. The third-order valence-electron chi connectivity index (χ3n) is 1.73. The molecular formula is C7H9BO2. The summed E-state index contributed by atoms with van der Waals surface area (Å²) >= 11 is 0. The molecule has 0 amide bonds. The molecule has 1 heterocycles. The van der Waals surface area contributed by atoms with E-state index in [1.54, 1.807) is 0 Å². The predicted molar refractivity (Wildman–Crippen MR) is 39.6 cm³/mol. The smallest absolute Gasteiger partial charge is 0.402 e. The van der Waals surface area contributed by atoms with Crippen molar-refractivity contribution < 1.29 is 9.31 Å². The summed E-state index contributed by atoms with van der Waals surface area (Å²) in [6.07, 6.45) is 8.33. The highest BCUT2D eigenvalue weighted by Gasteiger charge is 2.33. The largest absolute Gasteiger partial charge is 0.454 e. The monoisotopic (exact) mass is 136 g/mol. The van der Waals surface area contributed by atoms with Gasteiger partial charge in [-0.15, -0.1) is 0 Å². The molecule has 0 bridgehead atoms. The van der Waals surface area contributed by atoms with E-state index < -0.39 is 0 Å². The van der Waals surface area contributed by atoms with E-state index in [9.17, 15) is 0 Å². The first-order valence-electron chi connectivity index (χ1n) is 3.52. The van der Waals surface area contributed by atoms with Gasteiger partial charge in [0, 0.05) is 0 Å². The Hall–Kier alpha value is -0.535. The van der Waals surface area contributed by atoms with Crippen LogP contribution >= 0.6 is 0 Å². The molecule has 2 rings (SSSR count). The highest BCUT2D eigenvalue weighted by atomic mass is 16.6. The number of rotatable bonds is 0. The van der Waals surface area contributed by atoms with Crippen molar-refractivity contribution in [1.82, 2.24) is 0 Å². The first kappa shape index (κ1) is 6.19.